The van der Waals surface area contributed by atoms with Crippen molar-refractivity contribution in [3.8, 4) is 0 Å². The number of halogens is 3. The van der Waals surface area contributed by atoms with Crippen molar-refractivity contribution >= 4 is 83.7 Å². The predicted octanol–water partition coefficient (Wildman–Crippen LogP) is 17.7. The van der Waals surface area contributed by atoms with Crippen LogP contribution in [0.2, 0.25) is 0 Å². The summed E-state index contributed by atoms with van der Waals surface area (Å²) in [6.45, 7) is 52.4. The fraction of sp³-hybridized carbons (Fsp3) is 0.473. The SMILES string of the molecule is CC(C)(C)c1ccn2cc(C(F)(F)F)nc2n1.CC(C)(C)c1ccnc2ccnn12.CC(C)(C)c1ccnc2ncnn12.CC(C)(C)c1cn2c(n1)SCC2.CC(C)(C)c1cn2ccccc2n1.CC(C)(C)c1cn2ccsc2n1.CC(C)(C)c1cn2ncsc2n1.CC(C)(C)c1cn2nnsc2n1. The normalized spacial score (nSPS) is 13.0. The summed E-state index contributed by atoms with van der Waals surface area (Å²) in [5.74, 6) is 1.92. The Morgan fingerprint density at radius 3 is 1.54 bits per heavy atom. The molecule has 23 nitrogen and oxygen atoms in total. The molecule has 0 radical (unpaired) electrons. The van der Waals surface area contributed by atoms with Crippen LogP contribution >= 0.6 is 46.0 Å². The van der Waals surface area contributed by atoms with E-state index in [2.05, 4.69) is 258 Å². The highest BCUT2D eigenvalue weighted by atomic mass is 32.2. The summed E-state index contributed by atoms with van der Waals surface area (Å²) in [6.07, 6.45) is 19.3. The molecule has 554 valence electrons. The summed E-state index contributed by atoms with van der Waals surface area (Å²) in [4.78, 5) is 45.4. The lowest BCUT2D eigenvalue weighted by atomic mass is 9.92. The van der Waals surface area contributed by atoms with E-state index < -0.39 is 11.9 Å². The van der Waals surface area contributed by atoms with Gasteiger partial charge >= 0.3 is 6.18 Å². The van der Waals surface area contributed by atoms with Crippen LogP contribution in [-0.2, 0) is 56.0 Å². The Hall–Kier alpha value is -8.87. The molecule has 0 saturated carbocycles. The number of hydrogen-bond acceptors (Lipinski definition) is 19. The van der Waals surface area contributed by atoms with Crippen molar-refractivity contribution in [3.05, 3.63) is 185 Å². The molecule has 0 fully saturated rings. The van der Waals surface area contributed by atoms with Gasteiger partial charge in [0.05, 0.1) is 64.1 Å². The number of imidazole rings is 6. The van der Waals surface area contributed by atoms with Crippen molar-refractivity contribution in [3.63, 3.8) is 0 Å². The third kappa shape index (κ3) is 20.3. The zero-order chi connectivity index (χ0) is 76.3. The summed E-state index contributed by atoms with van der Waals surface area (Å²) in [5, 5.41) is 19.6. The minimum absolute atomic E-state index is 0.0644. The van der Waals surface area contributed by atoms with Crippen LogP contribution in [0, 0.1) is 0 Å². The second-order valence-electron chi connectivity index (χ2n) is 33.2. The molecule has 0 spiro atoms. The lowest BCUT2D eigenvalue weighted by molar-refractivity contribution is -0.140. The highest BCUT2D eigenvalue weighted by molar-refractivity contribution is 7.99. The fourth-order valence-corrected chi connectivity index (χ4v) is 12.5. The average molecular weight is 1500 g/mol. The maximum absolute atomic E-state index is 12.5. The van der Waals surface area contributed by atoms with Gasteiger partial charge in [-0.1, -0.05) is 200 Å². The van der Waals surface area contributed by atoms with Crippen molar-refractivity contribution in [2.45, 2.75) is 227 Å². The minimum Gasteiger partial charge on any atom is -0.325 e. The predicted molar refractivity (Wildman–Crippen MR) is 412 cm³/mol. The molecule has 0 aromatic carbocycles. The molecular formula is C74H98F3N23S4. The van der Waals surface area contributed by atoms with Gasteiger partial charge < -0.3 is 8.97 Å². The number of nitrogens with zero attached hydrogens (tertiary/aromatic N) is 23. The quantitative estimate of drug-likeness (QED) is 0.137. The molecule has 0 amide bonds. The Kier molecular flexibility index (Phi) is 23.4. The van der Waals surface area contributed by atoms with Crippen LogP contribution < -0.4 is 0 Å². The van der Waals surface area contributed by atoms with Crippen LogP contribution in [0.5, 0.6) is 0 Å². The molecule has 1 aliphatic rings. The number of rotatable bonds is 0. The molecule has 0 atom stereocenters. The lowest BCUT2D eigenvalue weighted by Crippen LogP contribution is -2.17. The largest absolute Gasteiger partial charge is 0.434 e. The number of hydrogen-bond donors (Lipinski definition) is 0. The van der Waals surface area contributed by atoms with E-state index in [1.807, 2.05) is 109 Å². The Labute approximate surface area is 622 Å². The molecule has 15 aromatic heterocycles. The van der Waals surface area contributed by atoms with Gasteiger partial charge in [0.2, 0.25) is 15.7 Å². The first-order chi connectivity index (χ1) is 48.2. The number of pyridine rings is 1. The van der Waals surface area contributed by atoms with E-state index in [1.54, 1.807) is 61.9 Å². The molecular weight excluding hydrogens is 1400 g/mol. The monoisotopic (exact) mass is 1490 g/mol. The van der Waals surface area contributed by atoms with Gasteiger partial charge in [-0.05, 0) is 35.5 Å². The van der Waals surface area contributed by atoms with E-state index in [0.29, 0.717) is 11.5 Å². The standard InChI is InChI=1S/C11H12F3N3.C11H14N2.C10H13N3.C9H12N4.C9H14N2S.C9H12N2S.C8H11N3S.C7H10N4S/c1-10(2,3)7-4-5-17-6-8(11(12,13)14)16-9(17)15-7;1-11(2,3)9-8-13-7-5-4-6-10(13)12-9;1-10(2,3)8-4-6-11-9-5-7-12-13(8)9;1-9(2,3)7-4-5-10-8-11-6-12-13(7)8;2*1-9(2,3)7-6-11-4-5-12-8(11)10-7;1-8(2,3)6-4-11-7(10-6)12-5-9-11;1-7(2,3)5-4-11-6(8-5)12-10-9-11/h4-6H,1-3H3;4-8H,1-3H3;4-7H,1-3H3;4-6H,1-3H3;6H,4-5H2,1-3H3;4-6H,1-3H3;4-5H,1-3H3;4H,1-3H3. The molecule has 16 heterocycles. The minimum atomic E-state index is -4.43. The van der Waals surface area contributed by atoms with Crippen molar-refractivity contribution < 1.29 is 13.2 Å². The molecule has 15 aromatic rings. The number of thioether (sulfide) groups is 1. The summed E-state index contributed by atoms with van der Waals surface area (Å²) < 4.78 is 56.0. The fourth-order valence-electron chi connectivity index (χ4n) is 9.73. The van der Waals surface area contributed by atoms with Crippen molar-refractivity contribution in [2.75, 3.05) is 5.75 Å². The first-order valence-corrected chi connectivity index (χ1v) is 37.7. The lowest BCUT2D eigenvalue weighted by Gasteiger charge is -2.19. The summed E-state index contributed by atoms with van der Waals surface area (Å²) in [7, 11) is 0. The molecule has 0 N–H and O–H groups in total. The maximum Gasteiger partial charge on any atom is 0.434 e. The zero-order valence-corrected chi connectivity index (χ0v) is 67.4. The first-order valence-electron chi connectivity index (χ1n) is 34.1. The summed E-state index contributed by atoms with van der Waals surface area (Å²) >= 11 is 6.41. The van der Waals surface area contributed by atoms with Crippen molar-refractivity contribution in [1.82, 2.24) is 111 Å². The van der Waals surface area contributed by atoms with Gasteiger partial charge in [-0.15, -0.1) is 11.3 Å². The maximum atomic E-state index is 12.5. The number of alkyl halides is 3. The van der Waals surface area contributed by atoms with Gasteiger partial charge in [-0.2, -0.15) is 38.0 Å². The van der Waals surface area contributed by atoms with Crippen LogP contribution in [0.15, 0.2) is 139 Å². The van der Waals surface area contributed by atoms with E-state index in [1.165, 1.54) is 44.6 Å². The second-order valence-corrected chi connectivity index (χ2v) is 36.7. The molecule has 1 aliphatic heterocycles. The summed E-state index contributed by atoms with van der Waals surface area (Å²) in [6, 6.07) is 13.6. The number of thiazole rings is 1. The third-order valence-corrected chi connectivity index (χ3v) is 18.9. The highest BCUT2D eigenvalue weighted by Crippen LogP contribution is 2.32. The van der Waals surface area contributed by atoms with Crippen LogP contribution in [0.25, 0.3) is 37.7 Å². The Balaban J connectivity index is 0.000000138. The number of aromatic nitrogens is 23. The van der Waals surface area contributed by atoms with Gasteiger partial charge in [0.15, 0.2) is 21.5 Å². The topological polar surface area (TPSA) is 229 Å². The number of fused-ring (bicyclic) bond motifs is 8. The smallest absolute Gasteiger partial charge is 0.325 e. The Morgan fingerprint density at radius 2 is 0.952 bits per heavy atom. The first kappa shape index (κ1) is 79.3. The van der Waals surface area contributed by atoms with E-state index in [9.17, 15) is 13.2 Å². The van der Waals surface area contributed by atoms with Gasteiger partial charge in [-0.25, -0.2) is 58.4 Å². The van der Waals surface area contributed by atoms with Crippen molar-refractivity contribution in [1.29, 1.82) is 0 Å². The highest BCUT2D eigenvalue weighted by Gasteiger charge is 2.35. The molecule has 16 rings (SSSR count). The zero-order valence-electron chi connectivity index (χ0n) is 64.2. The van der Waals surface area contributed by atoms with Crippen LogP contribution in [0.4, 0.5) is 13.2 Å². The Bertz CT molecular complexity index is 4830. The van der Waals surface area contributed by atoms with Crippen LogP contribution in [0.1, 0.15) is 217 Å². The third-order valence-electron chi connectivity index (χ3n) is 15.9. The molecule has 104 heavy (non-hydrogen) atoms. The Morgan fingerprint density at radius 1 is 0.394 bits per heavy atom. The van der Waals surface area contributed by atoms with Gasteiger partial charge in [0.1, 0.15) is 17.5 Å². The van der Waals surface area contributed by atoms with Crippen LogP contribution in [-0.4, -0.2) is 116 Å². The molecule has 0 unspecified atom stereocenters. The molecule has 0 bridgehead atoms. The van der Waals surface area contributed by atoms with Gasteiger partial charge in [0.25, 0.3) is 5.78 Å². The number of aryl methyl sites for hydroxylation is 1. The van der Waals surface area contributed by atoms with E-state index in [0.717, 1.165) is 67.4 Å². The van der Waals surface area contributed by atoms with E-state index in [4.69, 9.17) is 0 Å². The second kappa shape index (κ2) is 30.7. The molecule has 0 saturated heterocycles. The van der Waals surface area contributed by atoms with Gasteiger partial charge in [0, 0.05) is 134 Å². The molecule has 30 heteroatoms. The molecule has 0 aliphatic carbocycles. The van der Waals surface area contributed by atoms with E-state index in [-0.39, 0.29) is 49.1 Å². The van der Waals surface area contributed by atoms with Crippen molar-refractivity contribution in [2.24, 2.45) is 0 Å². The van der Waals surface area contributed by atoms with Crippen LogP contribution in [0.3, 0.4) is 0 Å². The average Bonchev–Trinajstić information content (AvgIpc) is 1.84. The summed E-state index contributed by atoms with van der Waals surface area (Å²) in [5.41, 5.74) is 12.1. The van der Waals surface area contributed by atoms with Gasteiger partial charge in [-0.3, -0.25) is 8.80 Å². The van der Waals surface area contributed by atoms with E-state index >= 15 is 0 Å².